The number of nitrogens with one attached hydrogen (secondary N) is 2. The summed E-state index contributed by atoms with van der Waals surface area (Å²) in [6, 6.07) is 1.63. The van der Waals surface area contributed by atoms with E-state index in [0.717, 1.165) is 12.1 Å². The number of benzene rings is 1. The maximum Gasteiger partial charge on any atom is 0.253 e. The summed E-state index contributed by atoms with van der Waals surface area (Å²) in [7, 11) is 0. The highest BCUT2D eigenvalue weighted by molar-refractivity contribution is 5.99. The molecule has 5 heteroatoms. The molecule has 0 saturated carbocycles. The van der Waals surface area contributed by atoms with Crippen molar-refractivity contribution in [2.24, 2.45) is 0 Å². The number of carbonyl (C=O) groups is 1. The van der Waals surface area contributed by atoms with Crippen molar-refractivity contribution >= 4 is 11.6 Å². The molecule has 1 amide bonds. The predicted molar refractivity (Wildman–Crippen MR) is 67.7 cm³/mol. The Hall–Kier alpha value is -1.65. The Balaban J connectivity index is 3.18. The van der Waals surface area contributed by atoms with Crippen LogP contribution in [0.1, 0.15) is 38.1 Å². The second-order valence-corrected chi connectivity index (χ2v) is 4.74. The Kier molecular flexibility index (Phi) is 4.64. The quantitative estimate of drug-likeness (QED) is 0.869. The fraction of sp³-hybridized carbons (Fsp3) is 0.462. The molecular formula is C13H18F2N2O. The average Bonchev–Trinajstić information content (AvgIpc) is 2.20. The van der Waals surface area contributed by atoms with Gasteiger partial charge in [0.15, 0.2) is 0 Å². The molecule has 0 radical (unpaired) electrons. The van der Waals surface area contributed by atoms with Crippen molar-refractivity contribution in [1.29, 1.82) is 0 Å². The highest BCUT2D eigenvalue weighted by atomic mass is 19.1. The van der Waals surface area contributed by atoms with Crippen molar-refractivity contribution in [3.8, 4) is 0 Å². The van der Waals surface area contributed by atoms with Crippen LogP contribution in [0.2, 0.25) is 0 Å². The van der Waals surface area contributed by atoms with Gasteiger partial charge in [0, 0.05) is 18.2 Å². The first-order valence-corrected chi connectivity index (χ1v) is 5.87. The average molecular weight is 256 g/mol. The molecule has 0 aliphatic carbocycles. The summed E-state index contributed by atoms with van der Waals surface area (Å²) in [5.41, 5.74) is 0.0134. The van der Waals surface area contributed by atoms with E-state index in [1.807, 2.05) is 13.8 Å². The fourth-order valence-electron chi connectivity index (χ4n) is 1.53. The monoisotopic (exact) mass is 256 g/mol. The Morgan fingerprint density at radius 1 is 1.11 bits per heavy atom. The third-order valence-electron chi connectivity index (χ3n) is 2.15. The highest BCUT2D eigenvalue weighted by Crippen LogP contribution is 2.22. The maximum absolute atomic E-state index is 13.7. The van der Waals surface area contributed by atoms with E-state index >= 15 is 0 Å². The molecule has 2 N–H and O–H groups in total. The molecule has 3 nitrogen and oxygen atoms in total. The second-order valence-electron chi connectivity index (χ2n) is 4.74. The van der Waals surface area contributed by atoms with Gasteiger partial charge < -0.3 is 10.6 Å². The van der Waals surface area contributed by atoms with Crippen LogP contribution in [-0.4, -0.2) is 18.0 Å². The molecule has 1 aromatic rings. The topological polar surface area (TPSA) is 41.1 Å². The number of hydrogen-bond acceptors (Lipinski definition) is 2. The lowest BCUT2D eigenvalue weighted by Gasteiger charge is -2.16. The van der Waals surface area contributed by atoms with Gasteiger partial charge in [-0.05, 0) is 33.8 Å². The van der Waals surface area contributed by atoms with Crippen LogP contribution in [0.5, 0.6) is 0 Å². The summed E-state index contributed by atoms with van der Waals surface area (Å²) in [6.07, 6.45) is 0. The van der Waals surface area contributed by atoms with Gasteiger partial charge in [-0.2, -0.15) is 0 Å². The molecule has 0 aliphatic rings. The molecule has 0 atom stereocenters. The third kappa shape index (κ3) is 3.68. The molecule has 0 saturated heterocycles. The van der Waals surface area contributed by atoms with E-state index in [-0.39, 0.29) is 23.3 Å². The van der Waals surface area contributed by atoms with Crippen LogP contribution in [0.4, 0.5) is 14.5 Å². The summed E-state index contributed by atoms with van der Waals surface area (Å²) in [5, 5.41) is 5.44. The van der Waals surface area contributed by atoms with Gasteiger partial charge in [-0.15, -0.1) is 0 Å². The van der Waals surface area contributed by atoms with Crippen LogP contribution >= 0.6 is 0 Å². The van der Waals surface area contributed by atoms with Crippen LogP contribution in [0, 0.1) is 11.6 Å². The minimum absolute atomic E-state index is 0.0186. The lowest BCUT2D eigenvalue weighted by Crippen LogP contribution is -2.31. The summed E-state index contributed by atoms with van der Waals surface area (Å²) in [6.45, 7) is 7.19. The minimum atomic E-state index is -0.768. The van der Waals surface area contributed by atoms with Gasteiger partial charge >= 0.3 is 0 Å². The molecule has 1 rings (SSSR count). The Morgan fingerprint density at radius 3 is 2.22 bits per heavy atom. The van der Waals surface area contributed by atoms with Crippen molar-refractivity contribution in [2.75, 3.05) is 5.32 Å². The Bertz CT molecular complexity index is 445. The van der Waals surface area contributed by atoms with Gasteiger partial charge in [0.2, 0.25) is 0 Å². The molecule has 0 aliphatic heterocycles. The van der Waals surface area contributed by atoms with Crippen molar-refractivity contribution < 1.29 is 13.6 Å². The molecule has 0 heterocycles. The van der Waals surface area contributed by atoms with Crippen LogP contribution in [-0.2, 0) is 0 Å². The molecule has 0 unspecified atom stereocenters. The predicted octanol–water partition coefficient (Wildman–Crippen LogP) is 2.92. The molecule has 0 aromatic heterocycles. The second kappa shape index (κ2) is 5.80. The van der Waals surface area contributed by atoms with Crippen LogP contribution < -0.4 is 10.6 Å². The first-order chi connectivity index (χ1) is 8.31. The maximum atomic E-state index is 13.7. The highest BCUT2D eigenvalue weighted by Gasteiger charge is 2.18. The van der Waals surface area contributed by atoms with E-state index in [1.165, 1.54) is 0 Å². The molecule has 18 heavy (non-hydrogen) atoms. The first-order valence-electron chi connectivity index (χ1n) is 5.87. The van der Waals surface area contributed by atoms with E-state index in [9.17, 15) is 13.6 Å². The molecule has 0 spiro atoms. The van der Waals surface area contributed by atoms with Gasteiger partial charge in [0.05, 0.1) is 11.3 Å². The molecule has 0 bridgehead atoms. The van der Waals surface area contributed by atoms with E-state index in [0.29, 0.717) is 0 Å². The normalized spacial score (nSPS) is 10.9. The standard InChI is InChI=1S/C13H18F2N2O/c1-7(2)16-12-10(13(18)17-8(3)4)5-9(14)6-11(12)15/h5-8,16H,1-4H3,(H,17,18). The lowest BCUT2D eigenvalue weighted by molar-refractivity contribution is 0.0943. The lowest BCUT2D eigenvalue weighted by atomic mass is 10.1. The van der Waals surface area contributed by atoms with Crippen LogP contribution in [0.25, 0.3) is 0 Å². The zero-order valence-electron chi connectivity index (χ0n) is 11.0. The minimum Gasteiger partial charge on any atom is -0.380 e. The Morgan fingerprint density at radius 2 is 1.72 bits per heavy atom. The number of halogens is 2. The van der Waals surface area contributed by atoms with Gasteiger partial charge in [-0.3, -0.25) is 4.79 Å². The first kappa shape index (κ1) is 14.4. The smallest absolute Gasteiger partial charge is 0.253 e. The van der Waals surface area contributed by atoms with E-state index in [4.69, 9.17) is 0 Å². The van der Waals surface area contributed by atoms with Gasteiger partial charge in [-0.25, -0.2) is 8.78 Å². The molecule has 1 aromatic carbocycles. The van der Waals surface area contributed by atoms with Gasteiger partial charge in [-0.1, -0.05) is 0 Å². The molecular weight excluding hydrogens is 238 g/mol. The SMILES string of the molecule is CC(C)NC(=O)c1cc(F)cc(F)c1NC(C)C. The largest absolute Gasteiger partial charge is 0.380 e. The number of amides is 1. The summed E-state index contributed by atoms with van der Waals surface area (Å²) < 4.78 is 26.9. The van der Waals surface area contributed by atoms with Crippen LogP contribution in [0.15, 0.2) is 12.1 Å². The molecule has 100 valence electrons. The Labute approximate surface area is 106 Å². The third-order valence-corrected chi connectivity index (χ3v) is 2.15. The summed E-state index contributed by atoms with van der Waals surface area (Å²) in [5.74, 6) is -2.03. The van der Waals surface area contributed by atoms with Gasteiger partial charge in [0.25, 0.3) is 5.91 Å². The van der Waals surface area contributed by atoms with Gasteiger partial charge in [0.1, 0.15) is 11.6 Å². The van der Waals surface area contributed by atoms with Crippen molar-refractivity contribution in [3.63, 3.8) is 0 Å². The number of anilines is 1. The number of carbonyl (C=O) groups excluding carboxylic acids is 1. The zero-order valence-corrected chi connectivity index (χ0v) is 11.0. The number of rotatable bonds is 4. The van der Waals surface area contributed by atoms with Crippen molar-refractivity contribution in [3.05, 3.63) is 29.3 Å². The summed E-state index contributed by atoms with van der Waals surface area (Å²) >= 11 is 0. The van der Waals surface area contributed by atoms with E-state index in [2.05, 4.69) is 10.6 Å². The summed E-state index contributed by atoms with van der Waals surface area (Å²) in [4.78, 5) is 11.9. The van der Waals surface area contributed by atoms with E-state index < -0.39 is 17.5 Å². The fourth-order valence-corrected chi connectivity index (χ4v) is 1.53. The van der Waals surface area contributed by atoms with Crippen molar-refractivity contribution in [1.82, 2.24) is 5.32 Å². The van der Waals surface area contributed by atoms with Crippen molar-refractivity contribution in [2.45, 2.75) is 39.8 Å². The van der Waals surface area contributed by atoms with E-state index in [1.54, 1.807) is 13.8 Å². The molecule has 0 fully saturated rings. The van der Waals surface area contributed by atoms with Crippen LogP contribution in [0.3, 0.4) is 0 Å². The zero-order chi connectivity index (χ0) is 13.9. The number of hydrogen-bond donors (Lipinski definition) is 2.